The summed E-state index contributed by atoms with van der Waals surface area (Å²) >= 11 is 5.30. The first-order chi connectivity index (χ1) is 11.1. The molecule has 1 rings (SSSR count). The van der Waals surface area contributed by atoms with Crippen LogP contribution in [0.15, 0.2) is 18.2 Å². The molecule has 0 amide bonds. The summed E-state index contributed by atoms with van der Waals surface area (Å²) in [5.74, 6) is -0.355. The zero-order valence-corrected chi connectivity index (χ0v) is 14.8. The van der Waals surface area contributed by atoms with Gasteiger partial charge in [0.2, 0.25) is 0 Å². The van der Waals surface area contributed by atoms with Crippen LogP contribution in [0.4, 0.5) is 4.39 Å². The molecular weight excluding hydrogens is 315 g/mol. The maximum atomic E-state index is 13.7. The van der Waals surface area contributed by atoms with Gasteiger partial charge in [-0.3, -0.25) is 4.79 Å². The summed E-state index contributed by atoms with van der Waals surface area (Å²) < 4.78 is 19.1. The summed E-state index contributed by atoms with van der Waals surface area (Å²) in [5, 5.41) is -0.662. The number of hydrogen-bond donors (Lipinski definition) is 0. The second-order valence-electron chi connectivity index (χ2n) is 5.95. The molecule has 0 aliphatic heterocycles. The Hall–Kier alpha value is -1.09. The van der Waals surface area contributed by atoms with Crippen molar-refractivity contribution in [1.29, 1.82) is 0 Å². The van der Waals surface area contributed by atoms with Gasteiger partial charge in [-0.1, -0.05) is 64.7 Å². The van der Waals surface area contributed by atoms with Crippen LogP contribution in [-0.2, 0) is 0 Å². The minimum Gasteiger partial charge on any atom is -0.491 e. The topological polar surface area (TPSA) is 26.3 Å². The third-order valence-electron chi connectivity index (χ3n) is 3.91. The second kappa shape index (κ2) is 12.3. The average Bonchev–Trinajstić information content (AvgIpc) is 2.53. The molecule has 0 spiro atoms. The molecule has 130 valence electrons. The quantitative estimate of drug-likeness (QED) is 0.302. The number of carbonyl (C=O) groups is 1. The number of hydrogen-bond acceptors (Lipinski definition) is 2. The Bertz CT molecular complexity index is 463. The lowest BCUT2D eigenvalue weighted by atomic mass is 10.1. The molecule has 1 aromatic carbocycles. The number of carbonyl (C=O) groups excluding carboxylic acids is 1. The van der Waals surface area contributed by atoms with E-state index in [0.717, 1.165) is 18.9 Å². The summed E-state index contributed by atoms with van der Waals surface area (Å²) in [4.78, 5) is 10.9. The number of unbranched alkanes of at least 4 members (excludes halogenated alkanes) is 9. The van der Waals surface area contributed by atoms with Crippen molar-refractivity contribution in [2.75, 3.05) is 6.61 Å². The Morgan fingerprint density at radius 2 is 1.57 bits per heavy atom. The van der Waals surface area contributed by atoms with Crippen LogP contribution in [0.5, 0.6) is 5.75 Å². The second-order valence-corrected chi connectivity index (χ2v) is 6.29. The lowest BCUT2D eigenvalue weighted by Gasteiger charge is -2.08. The molecule has 4 heteroatoms. The third kappa shape index (κ3) is 8.95. The first kappa shape index (κ1) is 20.0. The Morgan fingerprint density at radius 1 is 1.00 bits per heavy atom. The third-order valence-corrected chi connectivity index (χ3v) is 4.13. The predicted octanol–water partition coefficient (Wildman–Crippen LogP) is 6.50. The molecule has 0 radical (unpaired) electrons. The summed E-state index contributed by atoms with van der Waals surface area (Å²) in [6.45, 7) is 2.74. The molecule has 0 N–H and O–H groups in total. The lowest BCUT2D eigenvalue weighted by Crippen LogP contribution is -2.00. The fourth-order valence-corrected chi connectivity index (χ4v) is 2.63. The number of ether oxygens (including phenoxy) is 1. The van der Waals surface area contributed by atoms with Crippen LogP contribution in [0.3, 0.4) is 0 Å². The van der Waals surface area contributed by atoms with E-state index in [2.05, 4.69) is 6.92 Å². The largest absolute Gasteiger partial charge is 0.491 e. The Balaban J connectivity index is 2.04. The molecule has 2 nitrogen and oxygen atoms in total. The molecule has 1 aromatic rings. The van der Waals surface area contributed by atoms with Crippen LogP contribution in [0.1, 0.15) is 81.5 Å². The van der Waals surface area contributed by atoms with Gasteiger partial charge in [0.05, 0.1) is 6.61 Å². The molecule has 0 aromatic heterocycles. The van der Waals surface area contributed by atoms with Crippen molar-refractivity contribution in [2.24, 2.45) is 0 Å². The van der Waals surface area contributed by atoms with Gasteiger partial charge >= 0.3 is 0 Å². The smallest absolute Gasteiger partial charge is 0.252 e. The molecule has 23 heavy (non-hydrogen) atoms. The van der Waals surface area contributed by atoms with Crippen LogP contribution in [0.2, 0.25) is 0 Å². The van der Waals surface area contributed by atoms with E-state index < -0.39 is 11.1 Å². The molecule has 0 atom stereocenters. The molecular formula is C19H28ClFO2. The van der Waals surface area contributed by atoms with Crippen molar-refractivity contribution in [2.45, 2.75) is 71.1 Å². The van der Waals surface area contributed by atoms with Crippen LogP contribution >= 0.6 is 11.6 Å². The van der Waals surface area contributed by atoms with Crippen LogP contribution in [0.25, 0.3) is 0 Å². The van der Waals surface area contributed by atoms with E-state index in [1.807, 2.05) is 0 Å². The number of rotatable bonds is 13. The highest BCUT2D eigenvalue weighted by molar-refractivity contribution is 6.67. The van der Waals surface area contributed by atoms with Crippen LogP contribution in [-0.4, -0.2) is 11.8 Å². The fourth-order valence-electron chi connectivity index (χ4n) is 2.51. The van der Waals surface area contributed by atoms with E-state index in [-0.39, 0.29) is 11.3 Å². The van der Waals surface area contributed by atoms with Crippen molar-refractivity contribution in [1.82, 2.24) is 0 Å². The van der Waals surface area contributed by atoms with E-state index in [4.69, 9.17) is 16.3 Å². The highest BCUT2D eigenvalue weighted by atomic mass is 35.5. The highest BCUT2D eigenvalue weighted by Gasteiger charge is 2.08. The molecule has 0 saturated heterocycles. The van der Waals surface area contributed by atoms with Crippen LogP contribution < -0.4 is 4.74 Å². The summed E-state index contributed by atoms with van der Waals surface area (Å²) in [6, 6.07) is 4.05. The molecule has 0 unspecified atom stereocenters. The SMILES string of the molecule is CCCCCCCCCCCCOc1ccc(C(=O)Cl)cc1F. The summed E-state index contributed by atoms with van der Waals surface area (Å²) in [6.07, 6.45) is 12.5. The zero-order valence-electron chi connectivity index (χ0n) is 14.1. The molecule has 0 bridgehead atoms. The number of benzene rings is 1. The maximum absolute atomic E-state index is 13.7. The average molecular weight is 343 g/mol. The number of halogens is 2. The van der Waals surface area contributed by atoms with E-state index in [9.17, 15) is 9.18 Å². The van der Waals surface area contributed by atoms with Gasteiger partial charge in [-0.15, -0.1) is 0 Å². The molecule has 0 aliphatic rings. The first-order valence-corrected chi connectivity index (χ1v) is 9.15. The lowest BCUT2D eigenvalue weighted by molar-refractivity contribution is 0.108. The highest BCUT2D eigenvalue weighted by Crippen LogP contribution is 2.20. The monoisotopic (exact) mass is 342 g/mol. The predicted molar refractivity (Wildman–Crippen MR) is 93.9 cm³/mol. The molecule has 0 heterocycles. The Kier molecular flexibility index (Phi) is 10.7. The maximum Gasteiger partial charge on any atom is 0.252 e. The molecule has 0 saturated carbocycles. The minimum atomic E-state index is -0.662. The minimum absolute atomic E-state index is 0.149. The van der Waals surface area contributed by atoms with E-state index >= 15 is 0 Å². The molecule has 0 fully saturated rings. The Morgan fingerprint density at radius 3 is 2.09 bits per heavy atom. The van der Waals surface area contributed by atoms with Gasteiger partial charge in [-0.2, -0.15) is 0 Å². The first-order valence-electron chi connectivity index (χ1n) is 8.77. The van der Waals surface area contributed by atoms with Crippen molar-refractivity contribution >= 4 is 16.8 Å². The summed E-state index contributed by atoms with van der Waals surface area (Å²) in [5.41, 5.74) is 0.149. The Labute approximate surface area is 144 Å². The van der Waals surface area contributed by atoms with Crippen molar-refractivity contribution in [3.05, 3.63) is 29.6 Å². The van der Waals surface area contributed by atoms with Gasteiger partial charge in [0.25, 0.3) is 5.24 Å². The van der Waals surface area contributed by atoms with Crippen molar-refractivity contribution in [3.8, 4) is 5.75 Å². The van der Waals surface area contributed by atoms with Gasteiger partial charge in [-0.05, 0) is 36.2 Å². The normalized spacial score (nSPS) is 10.7. The van der Waals surface area contributed by atoms with E-state index in [1.54, 1.807) is 0 Å². The van der Waals surface area contributed by atoms with E-state index in [0.29, 0.717) is 6.61 Å². The van der Waals surface area contributed by atoms with E-state index in [1.165, 1.54) is 63.5 Å². The standard InChI is InChI=1S/C19H28ClFO2/c1-2-3-4-5-6-7-8-9-10-11-14-23-18-13-12-16(19(20)22)15-17(18)21/h12-13,15H,2-11,14H2,1H3. The van der Waals surface area contributed by atoms with Crippen LogP contribution in [0, 0.1) is 5.82 Å². The van der Waals surface area contributed by atoms with Gasteiger partial charge in [0.1, 0.15) is 0 Å². The fraction of sp³-hybridized carbons (Fsp3) is 0.632. The van der Waals surface area contributed by atoms with Crippen molar-refractivity contribution < 1.29 is 13.9 Å². The van der Waals surface area contributed by atoms with Gasteiger partial charge in [0.15, 0.2) is 11.6 Å². The van der Waals surface area contributed by atoms with Gasteiger partial charge in [0, 0.05) is 5.56 Å². The summed E-state index contributed by atoms with van der Waals surface area (Å²) in [7, 11) is 0. The molecule has 0 aliphatic carbocycles. The zero-order chi connectivity index (χ0) is 16.9. The van der Waals surface area contributed by atoms with Gasteiger partial charge in [-0.25, -0.2) is 4.39 Å². The van der Waals surface area contributed by atoms with Gasteiger partial charge < -0.3 is 4.74 Å². The van der Waals surface area contributed by atoms with Crippen molar-refractivity contribution in [3.63, 3.8) is 0 Å².